The number of hydrogen-bond acceptors (Lipinski definition) is 8. The third-order valence-corrected chi connectivity index (χ3v) is 5.07. The predicted octanol–water partition coefficient (Wildman–Crippen LogP) is 2.79. The van der Waals surface area contributed by atoms with Crippen molar-refractivity contribution in [1.29, 1.82) is 0 Å². The maximum absolute atomic E-state index is 11.1. The molecule has 0 saturated carbocycles. The Morgan fingerprint density at radius 3 is 2.33 bits per heavy atom. The molecule has 0 aliphatic rings. The molecule has 2 aromatic carbocycles. The Morgan fingerprint density at radius 1 is 0.917 bits per heavy atom. The number of nitrogens with zero attached hydrogens (tertiary/aromatic N) is 1. The third kappa shape index (κ3) is 10.2. The number of aromatic nitrogens is 2. The molecule has 36 heavy (non-hydrogen) atoms. The van der Waals surface area contributed by atoms with Crippen molar-refractivity contribution in [3.05, 3.63) is 76.6 Å². The molecule has 0 aliphatic carbocycles. The highest BCUT2D eigenvalue weighted by Gasteiger charge is 2.06. The fourth-order valence-corrected chi connectivity index (χ4v) is 3.20. The van der Waals surface area contributed by atoms with Crippen LogP contribution in [0.1, 0.15) is 19.4 Å². The van der Waals surface area contributed by atoms with Crippen molar-refractivity contribution in [3.63, 3.8) is 0 Å². The molecule has 9 nitrogen and oxygen atoms in total. The zero-order valence-corrected chi connectivity index (χ0v) is 20.8. The van der Waals surface area contributed by atoms with Gasteiger partial charge in [0.2, 0.25) is 0 Å². The molecule has 0 bridgehead atoms. The van der Waals surface area contributed by atoms with E-state index in [1.54, 1.807) is 6.07 Å². The summed E-state index contributed by atoms with van der Waals surface area (Å²) in [7, 11) is 0. The first kappa shape index (κ1) is 27.3. The van der Waals surface area contributed by atoms with Crippen molar-refractivity contribution in [3.8, 4) is 22.8 Å². The van der Waals surface area contributed by atoms with Gasteiger partial charge < -0.3 is 29.4 Å². The van der Waals surface area contributed by atoms with Crippen LogP contribution in [0.4, 0.5) is 0 Å². The Labute approximate surface area is 211 Å². The molecule has 0 saturated heterocycles. The van der Waals surface area contributed by atoms with Crippen LogP contribution in [0.2, 0.25) is 0 Å². The van der Waals surface area contributed by atoms with Gasteiger partial charge in [0.25, 0.3) is 5.56 Å². The summed E-state index contributed by atoms with van der Waals surface area (Å²) >= 11 is 0. The first-order valence-electron chi connectivity index (χ1n) is 12.1. The van der Waals surface area contributed by atoms with Crippen LogP contribution in [0.3, 0.4) is 0 Å². The summed E-state index contributed by atoms with van der Waals surface area (Å²) in [5.74, 6) is 1.43. The van der Waals surface area contributed by atoms with E-state index in [1.807, 2.05) is 62.4 Å². The van der Waals surface area contributed by atoms with Gasteiger partial charge in [-0.2, -0.15) is 5.10 Å². The van der Waals surface area contributed by atoms with E-state index in [0.29, 0.717) is 51.0 Å². The fraction of sp³-hybridized carbons (Fsp3) is 0.407. The number of nitrogens with one attached hydrogen (secondary N) is 2. The summed E-state index contributed by atoms with van der Waals surface area (Å²) in [5.41, 5.74) is 2.39. The maximum atomic E-state index is 11.1. The molecular weight excluding hydrogens is 462 g/mol. The summed E-state index contributed by atoms with van der Waals surface area (Å²) in [4.78, 5) is 11.1. The molecule has 1 aromatic heterocycles. The van der Waals surface area contributed by atoms with Crippen molar-refractivity contribution in [2.24, 2.45) is 0 Å². The van der Waals surface area contributed by atoms with Gasteiger partial charge in [-0.1, -0.05) is 12.1 Å². The smallest absolute Gasteiger partial charge is 0.264 e. The second-order valence-corrected chi connectivity index (χ2v) is 8.46. The number of aliphatic hydroxyl groups excluding tert-OH is 1. The van der Waals surface area contributed by atoms with E-state index in [4.69, 9.17) is 18.9 Å². The van der Waals surface area contributed by atoms with Gasteiger partial charge in [0.15, 0.2) is 0 Å². The highest BCUT2D eigenvalue weighted by Crippen LogP contribution is 2.19. The highest BCUT2D eigenvalue weighted by atomic mass is 16.5. The van der Waals surface area contributed by atoms with Crippen molar-refractivity contribution in [2.45, 2.75) is 32.7 Å². The van der Waals surface area contributed by atoms with Gasteiger partial charge in [0.05, 0.1) is 31.6 Å². The van der Waals surface area contributed by atoms with E-state index in [9.17, 15) is 9.90 Å². The molecule has 0 radical (unpaired) electrons. The zero-order valence-electron chi connectivity index (χ0n) is 20.8. The van der Waals surface area contributed by atoms with E-state index in [1.165, 1.54) is 6.07 Å². The minimum Gasteiger partial charge on any atom is -0.492 e. The van der Waals surface area contributed by atoms with Gasteiger partial charge in [-0.3, -0.25) is 4.79 Å². The third-order valence-electron chi connectivity index (χ3n) is 5.07. The molecule has 1 atom stereocenters. The van der Waals surface area contributed by atoms with Crippen LogP contribution in [-0.4, -0.2) is 67.0 Å². The minimum absolute atomic E-state index is 0.191. The van der Waals surface area contributed by atoms with E-state index in [0.717, 1.165) is 16.9 Å². The van der Waals surface area contributed by atoms with Crippen LogP contribution in [0.15, 0.2) is 65.5 Å². The normalized spacial score (nSPS) is 12.0. The molecule has 1 unspecified atom stereocenters. The summed E-state index contributed by atoms with van der Waals surface area (Å²) in [6.45, 7) is 7.28. The van der Waals surface area contributed by atoms with Crippen LogP contribution < -0.4 is 20.3 Å². The van der Waals surface area contributed by atoms with Crippen molar-refractivity contribution >= 4 is 0 Å². The van der Waals surface area contributed by atoms with E-state index >= 15 is 0 Å². The Bertz CT molecular complexity index is 1050. The SMILES string of the molecule is CC(C)OCCOCc1ccc(OCC(O)CNCCOc2ccc(-c3ccc(=O)[nH]n3)cc2)cc1. The number of benzene rings is 2. The summed E-state index contributed by atoms with van der Waals surface area (Å²) < 4.78 is 22.4. The Kier molecular flexibility index (Phi) is 11.4. The van der Waals surface area contributed by atoms with Crippen molar-refractivity contribution in [2.75, 3.05) is 39.5 Å². The number of H-pyrrole nitrogens is 1. The highest BCUT2D eigenvalue weighted by molar-refractivity contribution is 5.59. The first-order chi connectivity index (χ1) is 17.5. The molecule has 194 valence electrons. The Hall–Kier alpha value is -3.24. The second kappa shape index (κ2) is 15.0. The Morgan fingerprint density at radius 2 is 1.64 bits per heavy atom. The molecule has 0 amide bonds. The molecule has 3 aromatic rings. The second-order valence-electron chi connectivity index (χ2n) is 8.46. The predicted molar refractivity (Wildman–Crippen MR) is 137 cm³/mol. The summed E-state index contributed by atoms with van der Waals surface area (Å²) in [6, 6.07) is 18.2. The molecule has 3 N–H and O–H groups in total. The molecule has 9 heteroatoms. The topological polar surface area (TPSA) is 115 Å². The Balaban J connectivity index is 1.25. The summed E-state index contributed by atoms with van der Waals surface area (Å²) in [6.07, 6.45) is -0.431. The lowest BCUT2D eigenvalue weighted by Gasteiger charge is -2.14. The zero-order chi connectivity index (χ0) is 25.6. The van der Waals surface area contributed by atoms with Gasteiger partial charge in [-0.05, 0) is 61.9 Å². The first-order valence-corrected chi connectivity index (χ1v) is 12.1. The number of hydrogen-bond donors (Lipinski definition) is 3. The van der Waals surface area contributed by atoms with Gasteiger partial charge in [-0.15, -0.1) is 0 Å². The number of rotatable bonds is 16. The molecule has 3 rings (SSSR count). The lowest BCUT2D eigenvalue weighted by Crippen LogP contribution is -2.33. The molecule has 0 spiro atoms. The number of ether oxygens (including phenoxy) is 4. The van der Waals surface area contributed by atoms with Gasteiger partial charge in [0, 0.05) is 24.7 Å². The number of aliphatic hydroxyl groups is 1. The van der Waals surface area contributed by atoms with Crippen LogP contribution >= 0.6 is 0 Å². The van der Waals surface area contributed by atoms with E-state index in [-0.39, 0.29) is 18.3 Å². The lowest BCUT2D eigenvalue weighted by molar-refractivity contribution is 0.0143. The summed E-state index contributed by atoms with van der Waals surface area (Å²) in [5, 5.41) is 19.7. The van der Waals surface area contributed by atoms with Crippen molar-refractivity contribution < 1.29 is 24.1 Å². The average Bonchev–Trinajstić information content (AvgIpc) is 2.88. The fourth-order valence-electron chi connectivity index (χ4n) is 3.20. The molecular formula is C27H35N3O6. The van der Waals surface area contributed by atoms with Gasteiger partial charge >= 0.3 is 0 Å². The van der Waals surface area contributed by atoms with Gasteiger partial charge in [-0.25, -0.2) is 5.10 Å². The van der Waals surface area contributed by atoms with Crippen LogP contribution in [0.5, 0.6) is 11.5 Å². The van der Waals surface area contributed by atoms with E-state index < -0.39 is 6.10 Å². The van der Waals surface area contributed by atoms with Gasteiger partial charge in [0.1, 0.15) is 30.8 Å². The monoisotopic (exact) mass is 497 g/mol. The van der Waals surface area contributed by atoms with Crippen LogP contribution in [0, 0.1) is 0 Å². The minimum atomic E-state index is -0.641. The van der Waals surface area contributed by atoms with E-state index in [2.05, 4.69) is 15.5 Å². The van der Waals surface area contributed by atoms with Crippen LogP contribution in [-0.2, 0) is 16.1 Å². The van der Waals surface area contributed by atoms with Crippen molar-refractivity contribution in [1.82, 2.24) is 15.5 Å². The number of aromatic amines is 1. The average molecular weight is 498 g/mol. The molecule has 0 aliphatic heterocycles. The lowest BCUT2D eigenvalue weighted by atomic mass is 10.1. The largest absolute Gasteiger partial charge is 0.492 e. The standard InChI is InChI=1S/C27H35N3O6/c1-20(2)34-16-15-33-18-21-3-7-25(8-4-21)36-19-23(31)17-28-13-14-35-24-9-5-22(6-10-24)26-11-12-27(32)30-29-26/h3-12,20,23,28,31H,13-19H2,1-2H3,(H,30,32). The van der Waals surface area contributed by atoms with Crippen LogP contribution in [0.25, 0.3) is 11.3 Å². The molecule has 1 heterocycles. The quantitative estimate of drug-likeness (QED) is 0.259. The maximum Gasteiger partial charge on any atom is 0.264 e. The molecule has 0 fully saturated rings.